The van der Waals surface area contributed by atoms with Gasteiger partial charge in [0, 0.05) is 6.20 Å². The first-order valence-electron chi connectivity index (χ1n) is 13.9. The zero-order chi connectivity index (χ0) is 27.1. The van der Waals surface area contributed by atoms with Crippen LogP contribution in [0.3, 0.4) is 0 Å². The van der Waals surface area contributed by atoms with Crippen molar-refractivity contribution in [2.75, 3.05) is 0 Å². The first kappa shape index (κ1) is 26.5. The molecular weight excluding hydrogens is 498 g/mol. The quantitative estimate of drug-likeness (QED) is 0.189. The second kappa shape index (κ2) is 12.6. The van der Waals surface area contributed by atoms with Crippen LogP contribution >= 0.6 is 0 Å². The Morgan fingerprint density at radius 1 is 0.550 bits per heavy atom. The lowest BCUT2D eigenvalue weighted by Gasteiger charge is -2.46. The number of aromatic nitrogens is 1. The molecule has 0 radical (unpaired) electrons. The Morgan fingerprint density at radius 3 is 1.60 bits per heavy atom. The highest BCUT2D eigenvalue weighted by Gasteiger charge is 2.47. The molecule has 5 nitrogen and oxygen atoms in total. The van der Waals surface area contributed by atoms with Crippen LogP contribution in [0.1, 0.15) is 29.8 Å². The van der Waals surface area contributed by atoms with Gasteiger partial charge in [-0.3, -0.25) is 0 Å². The van der Waals surface area contributed by atoms with Gasteiger partial charge in [-0.05, 0) is 41.1 Å². The molecule has 0 bridgehead atoms. The molecule has 40 heavy (non-hydrogen) atoms. The van der Waals surface area contributed by atoms with E-state index in [9.17, 15) is 0 Å². The minimum atomic E-state index is -0.420. The fourth-order valence-corrected chi connectivity index (χ4v) is 5.44. The Labute approximate surface area is 235 Å². The zero-order valence-electron chi connectivity index (χ0n) is 22.7. The van der Waals surface area contributed by atoms with E-state index >= 15 is 0 Å². The molecule has 2 heterocycles. The van der Waals surface area contributed by atoms with E-state index in [0.717, 1.165) is 27.6 Å². The molecule has 0 N–H and O–H groups in total. The minimum Gasteiger partial charge on any atom is -0.368 e. The molecule has 1 saturated heterocycles. The fraction of sp³-hybridized carbons (Fsp3) is 0.257. The molecular formula is C35H35NO4. The zero-order valence-corrected chi connectivity index (χ0v) is 22.7. The van der Waals surface area contributed by atoms with Crippen molar-refractivity contribution in [1.29, 1.82) is 0 Å². The van der Waals surface area contributed by atoms with Gasteiger partial charge < -0.3 is 23.5 Å². The van der Waals surface area contributed by atoms with Crippen LogP contribution in [0.15, 0.2) is 128 Å². The molecule has 5 aromatic rings. The Hall–Kier alpha value is -3.74. The second-order valence-electron chi connectivity index (χ2n) is 10.3. The first-order chi connectivity index (χ1) is 19.8. The van der Waals surface area contributed by atoms with Gasteiger partial charge in [-0.1, -0.05) is 109 Å². The lowest BCUT2D eigenvalue weighted by molar-refractivity contribution is -0.278. The number of ether oxygens (including phenoxy) is 4. The van der Waals surface area contributed by atoms with E-state index in [1.807, 2.05) is 54.6 Å². The van der Waals surface area contributed by atoms with E-state index in [-0.39, 0.29) is 18.3 Å². The Kier molecular flexibility index (Phi) is 8.36. The number of nitrogens with zero attached hydrogens (tertiary/aromatic N) is 1. The van der Waals surface area contributed by atoms with Crippen molar-refractivity contribution in [2.45, 2.75) is 57.4 Å². The van der Waals surface area contributed by atoms with Crippen LogP contribution in [0, 0.1) is 0 Å². The molecule has 204 valence electrons. The molecule has 0 saturated carbocycles. The van der Waals surface area contributed by atoms with Crippen molar-refractivity contribution in [3.8, 4) is 0 Å². The third-order valence-electron chi connectivity index (χ3n) is 7.50. The van der Waals surface area contributed by atoms with Crippen molar-refractivity contribution in [1.82, 2.24) is 4.57 Å². The van der Waals surface area contributed by atoms with E-state index in [2.05, 4.69) is 84.4 Å². The van der Waals surface area contributed by atoms with E-state index in [0.29, 0.717) is 19.8 Å². The van der Waals surface area contributed by atoms with Crippen LogP contribution in [0.2, 0.25) is 0 Å². The van der Waals surface area contributed by atoms with Gasteiger partial charge in [0.1, 0.15) is 18.3 Å². The smallest absolute Gasteiger partial charge is 0.163 e. The monoisotopic (exact) mass is 533 g/mol. The van der Waals surface area contributed by atoms with Crippen molar-refractivity contribution in [3.05, 3.63) is 144 Å². The standard InChI is InChI=1S/C35H35NO4/c1-26-32(37-23-27-13-5-2-6-14-27)33(38-24-28-15-7-3-8-16-28)34(39-25-29-17-9-4-10-18-29)35(40-26)36-22-21-30-19-11-12-20-31(30)36/h2-22,26,32-35H,23-25H2,1H3/t26-,32-,33+,34+,35-/m0/s1. The topological polar surface area (TPSA) is 41.9 Å². The van der Waals surface area contributed by atoms with Gasteiger partial charge in [0.25, 0.3) is 0 Å². The van der Waals surface area contributed by atoms with Gasteiger partial charge in [-0.25, -0.2) is 0 Å². The van der Waals surface area contributed by atoms with E-state index in [1.165, 1.54) is 0 Å². The Balaban J connectivity index is 1.34. The highest BCUT2D eigenvalue weighted by molar-refractivity contribution is 5.80. The summed E-state index contributed by atoms with van der Waals surface area (Å²) in [4.78, 5) is 0. The third-order valence-corrected chi connectivity index (χ3v) is 7.50. The van der Waals surface area contributed by atoms with Crippen LogP contribution in [0.25, 0.3) is 10.9 Å². The molecule has 0 unspecified atom stereocenters. The Bertz CT molecular complexity index is 1470. The van der Waals surface area contributed by atoms with Crippen molar-refractivity contribution >= 4 is 10.9 Å². The van der Waals surface area contributed by atoms with Gasteiger partial charge in [0.15, 0.2) is 6.23 Å². The predicted molar refractivity (Wildman–Crippen MR) is 157 cm³/mol. The summed E-state index contributed by atoms with van der Waals surface area (Å²) in [6.45, 7) is 3.43. The number of rotatable bonds is 10. The van der Waals surface area contributed by atoms with Gasteiger partial charge in [0.2, 0.25) is 0 Å². The summed E-state index contributed by atoms with van der Waals surface area (Å²) in [5, 5.41) is 1.16. The normalized spacial score (nSPS) is 22.9. The van der Waals surface area contributed by atoms with Crippen LogP contribution in [0.4, 0.5) is 0 Å². The fourth-order valence-electron chi connectivity index (χ4n) is 5.44. The average Bonchev–Trinajstić information content (AvgIpc) is 3.44. The number of para-hydroxylation sites is 1. The van der Waals surface area contributed by atoms with Crippen LogP contribution in [-0.4, -0.2) is 29.0 Å². The molecule has 0 spiro atoms. The molecule has 0 aliphatic carbocycles. The van der Waals surface area contributed by atoms with Gasteiger partial charge >= 0.3 is 0 Å². The van der Waals surface area contributed by atoms with Crippen molar-refractivity contribution < 1.29 is 18.9 Å². The third kappa shape index (κ3) is 6.03. The predicted octanol–water partition coefficient (Wildman–Crippen LogP) is 7.31. The van der Waals surface area contributed by atoms with Gasteiger partial charge in [-0.2, -0.15) is 0 Å². The minimum absolute atomic E-state index is 0.229. The highest BCUT2D eigenvalue weighted by Crippen LogP contribution is 2.37. The van der Waals surface area contributed by atoms with Crippen LogP contribution in [-0.2, 0) is 38.8 Å². The van der Waals surface area contributed by atoms with E-state index in [4.69, 9.17) is 18.9 Å². The average molecular weight is 534 g/mol. The summed E-state index contributed by atoms with van der Waals surface area (Å²) in [6, 6.07) is 41.2. The maximum atomic E-state index is 6.76. The summed E-state index contributed by atoms with van der Waals surface area (Å²) in [5.41, 5.74) is 4.41. The molecule has 4 aromatic carbocycles. The summed E-state index contributed by atoms with van der Waals surface area (Å²) >= 11 is 0. The van der Waals surface area contributed by atoms with Gasteiger partial charge in [0.05, 0.1) is 31.4 Å². The molecule has 1 fully saturated rings. The molecule has 6 rings (SSSR count). The second-order valence-corrected chi connectivity index (χ2v) is 10.3. The molecule has 1 aliphatic heterocycles. The summed E-state index contributed by atoms with van der Waals surface area (Å²) < 4.78 is 29.0. The van der Waals surface area contributed by atoms with E-state index in [1.54, 1.807) is 0 Å². The maximum Gasteiger partial charge on any atom is 0.163 e. The number of hydrogen-bond acceptors (Lipinski definition) is 4. The first-order valence-corrected chi connectivity index (χ1v) is 13.9. The summed E-state index contributed by atoms with van der Waals surface area (Å²) in [7, 11) is 0. The lowest BCUT2D eigenvalue weighted by Crippen LogP contribution is -2.57. The lowest BCUT2D eigenvalue weighted by atomic mass is 9.97. The Morgan fingerprint density at radius 2 is 1.02 bits per heavy atom. The summed E-state index contributed by atoms with van der Waals surface area (Å²) in [6.07, 6.45) is 0.338. The van der Waals surface area contributed by atoms with Crippen molar-refractivity contribution in [2.24, 2.45) is 0 Å². The largest absolute Gasteiger partial charge is 0.368 e. The van der Waals surface area contributed by atoms with Gasteiger partial charge in [-0.15, -0.1) is 0 Å². The molecule has 0 amide bonds. The maximum absolute atomic E-state index is 6.76. The number of hydrogen-bond donors (Lipinski definition) is 0. The summed E-state index contributed by atoms with van der Waals surface area (Å²) in [5.74, 6) is 0. The SMILES string of the molecule is C[C@@H]1O[C@H](n2ccc3ccccc32)[C@H](OCc2ccccc2)[C@H](OCc2ccccc2)[C@H]1OCc1ccccc1. The highest BCUT2D eigenvalue weighted by atomic mass is 16.6. The van der Waals surface area contributed by atoms with E-state index < -0.39 is 12.3 Å². The van der Waals surface area contributed by atoms with Crippen LogP contribution in [0.5, 0.6) is 0 Å². The molecule has 1 aliphatic rings. The molecule has 5 heteroatoms. The van der Waals surface area contributed by atoms with Crippen LogP contribution < -0.4 is 0 Å². The molecule has 5 atom stereocenters. The molecule has 1 aromatic heterocycles. The number of fused-ring (bicyclic) bond motifs is 1. The number of benzene rings is 4. The van der Waals surface area contributed by atoms with Crippen molar-refractivity contribution in [3.63, 3.8) is 0 Å².